The molecule has 0 fully saturated rings. The first-order valence-corrected chi connectivity index (χ1v) is 4.36. The van der Waals surface area contributed by atoms with Gasteiger partial charge in [0, 0.05) is 0 Å². The Morgan fingerprint density at radius 1 is 1.64 bits per heavy atom. The van der Waals surface area contributed by atoms with Gasteiger partial charge in [0.2, 0.25) is 0 Å². The summed E-state index contributed by atoms with van der Waals surface area (Å²) >= 11 is 5.69. The van der Waals surface area contributed by atoms with Crippen molar-refractivity contribution in [1.29, 1.82) is 0 Å². The second kappa shape index (κ2) is 4.48. The van der Waals surface area contributed by atoms with E-state index < -0.39 is 12.7 Å². The zero-order chi connectivity index (χ0) is 10.7. The van der Waals surface area contributed by atoms with Gasteiger partial charge in [-0.1, -0.05) is 11.6 Å². The number of ether oxygens (including phenoxy) is 1. The molecule has 0 aliphatic carbocycles. The Bertz CT molecular complexity index is 333. The molecule has 14 heavy (non-hydrogen) atoms. The first-order valence-electron chi connectivity index (χ1n) is 3.98. The van der Waals surface area contributed by atoms with Crippen LogP contribution in [0, 0.1) is 0 Å². The van der Waals surface area contributed by atoms with E-state index in [1.54, 1.807) is 0 Å². The van der Waals surface area contributed by atoms with E-state index in [0.717, 1.165) is 0 Å². The summed E-state index contributed by atoms with van der Waals surface area (Å²) in [5.74, 6) is 0.0281. The van der Waals surface area contributed by atoms with E-state index in [1.807, 2.05) is 0 Å². The smallest absolute Gasteiger partial charge is 0.176 e. The number of halogens is 2. The molecule has 0 saturated heterocycles. The van der Waals surface area contributed by atoms with Crippen LogP contribution in [-0.4, -0.2) is 18.9 Å². The van der Waals surface area contributed by atoms with Crippen LogP contribution in [0.2, 0.25) is 5.02 Å². The van der Waals surface area contributed by atoms with Gasteiger partial charge in [0.15, 0.2) is 11.5 Å². The fraction of sp³-hybridized carbons (Fsp3) is 0.333. The number of alkyl halides is 1. The molecule has 0 aromatic heterocycles. The number of benzene rings is 1. The van der Waals surface area contributed by atoms with Crippen LogP contribution in [-0.2, 0) is 0 Å². The summed E-state index contributed by atoms with van der Waals surface area (Å²) in [5.41, 5.74) is 5.96. The van der Waals surface area contributed by atoms with E-state index in [4.69, 9.17) is 22.1 Å². The minimum absolute atomic E-state index is 0.100. The summed E-state index contributed by atoms with van der Waals surface area (Å²) in [6.07, 6.45) is 0. The minimum Gasteiger partial charge on any atom is -0.503 e. The van der Waals surface area contributed by atoms with E-state index >= 15 is 0 Å². The molecule has 0 unspecified atom stereocenters. The number of hydrogen-bond acceptors (Lipinski definition) is 3. The lowest BCUT2D eigenvalue weighted by atomic mass is 10.1. The number of hydrogen-bond donors (Lipinski definition) is 2. The van der Waals surface area contributed by atoms with Crippen molar-refractivity contribution in [2.45, 2.75) is 6.04 Å². The molecule has 0 bridgehead atoms. The Morgan fingerprint density at radius 2 is 2.29 bits per heavy atom. The minimum atomic E-state index is -0.748. The second-order valence-electron chi connectivity index (χ2n) is 2.81. The summed E-state index contributed by atoms with van der Waals surface area (Å²) in [6.45, 7) is -0.690. The average molecular weight is 220 g/mol. The lowest BCUT2D eigenvalue weighted by Gasteiger charge is -2.11. The maximum Gasteiger partial charge on any atom is 0.176 e. The molecule has 1 aromatic rings. The lowest BCUT2D eigenvalue weighted by molar-refractivity contribution is 0.371. The van der Waals surface area contributed by atoms with Crippen LogP contribution >= 0.6 is 11.6 Å². The molecule has 0 heterocycles. The quantitative estimate of drug-likeness (QED) is 0.818. The normalized spacial score (nSPS) is 12.6. The van der Waals surface area contributed by atoms with Crippen LogP contribution in [0.3, 0.4) is 0 Å². The maximum absolute atomic E-state index is 12.3. The third-order valence-corrected chi connectivity index (χ3v) is 2.15. The number of rotatable bonds is 3. The first-order chi connectivity index (χ1) is 6.60. The third-order valence-electron chi connectivity index (χ3n) is 1.87. The largest absolute Gasteiger partial charge is 0.503 e. The molecular formula is C9H11ClFNO2. The molecule has 0 radical (unpaired) electrons. The molecule has 3 nitrogen and oxygen atoms in total. The van der Waals surface area contributed by atoms with Gasteiger partial charge >= 0.3 is 0 Å². The predicted molar refractivity (Wildman–Crippen MR) is 52.6 cm³/mol. The van der Waals surface area contributed by atoms with Gasteiger partial charge in [-0.05, 0) is 17.7 Å². The van der Waals surface area contributed by atoms with E-state index in [0.29, 0.717) is 5.56 Å². The number of aromatic hydroxyl groups is 1. The first kappa shape index (κ1) is 11.1. The summed E-state index contributed by atoms with van der Waals surface area (Å²) in [7, 11) is 1.39. The van der Waals surface area contributed by atoms with E-state index in [2.05, 4.69) is 0 Å². The van der Waals surface area contributed by atoms with Gasteiger partial charge in [-0.2, -0.15) is 0 Å². The monoisotopic (exact) mass is 219 g/mol. The molecule has 0 aliphatic heterocycles. The van der Waals surface area contributed by atoms with Crippen LogP contribution in [0.5, 0.6) is 11.5 Å². The summed E-state index contributed by atoms with van der Waals surface area (Å²) in [4.78, 5) is 0. The van der Waals surface area contributed by atoms with Gasteiger partial charge in [-0.3, -0.25) is 0 Å². The molecule has 0 spiro atoms. The molecule has 0 saturated carbocycles. The van der Waals surface area contributed by atoms with Crippen molar-refractivity contribution in [3.63, 3.8) is 0 Å². The van der Waals surface area contributed by atoms with Crippen molar-refractivity contribution in [3.8, 4) is 11.5 Å². The van der Waals surface area contributed by atoms with Gasteiger partial charge in [-0.15, -0.1) is 0 Å². The number of methoxy groups -OCH3 is 1. The fourth-order valence-corrected chi connectivity index (χ4v) is 1.27. The van der Waals surface area contributed by atoms with Crippen LogP contribution in [0.4, 0.5) is 4.39 Å². The number of phenolic OH excluding ortho intramolecular Hbond substituents is 1. The highest BCUT2D eigenvalue weighted by Gasteiger charge is 2.13. The van der Waals surface area contributed by atoms with Gasteiger partial charge in [0.05, 0.1) is 18.2 Å². The number of nitrogens with two attached hydrogens (primary N) is 1. The highest BCUT2D eigenvalue weighted by molar-refractivity contribution is 6.32. The summed E-state index contributed by atoms with van der Waals surface area (Å²) in [5, 5.41) is 9.49. The molecule has 1 atom stereocenters. The second-order valence-corrected chi connectivity index (χ2v) is 3.22. The molecule has 78 valence electrons. The highest BCUT2D eigenvalue weighted by atomic mass is 35.5. The van der Waals surface area contributed by atoms with E-state index in [1.165, 1.54) is 19.2 Å². The molecule has 5 heteroatoms. The molecule has 1 rings (SSSR count). The molecule has 1 aromatic carbocycles. The Balaban J connectivity index is 3.16. The fourth-order valence-electron chi connectivity index (χ4n) is 1.05. The average Bonchev–Trinajstić information content (AvgIpc) is 2.20. The number of phenols is 1. The standard InChI is InChI=1S/C9H11ClFNO2/c1-14-8-3-5(7(12)4-11)2-6(10)9(8)13/h2-3,7,13H,4,12H2,1H3/t7-/m0/s1. The van der Waals surface area contributed by atoms with Gasteiger partial charge in [0.25, 0.3) is 0 Å². The van der Waals surface area contributed by atoms with Crippen molar-refractivity contribution in [2.24, 2.45) is 5.73 Å². The maximum atomic E-state index is 12.3. The summed E-state index contributed by atoms with van der Waals surface area (Å²) < 4.78 is 17.1. The zero-order valence-corrected chi connectivity index (χ0v) is 8.38. The topological polar surface area (TPSA) is 55.5 Å². The third kappa shape index (κ3) is 2.08. The van der Waals surface area contributed by atoms with E-state index in [9.17, 15) is 9.50 Å². The molecular weight excluding hydrogens is 209 g/mol. The molecule has 3 N–H and O–H groups in total. The van der Waals surface area contributed by atoms with Crippen molar-refractivity contribution in [3.05, 3.63) is 22.7 Å². The SMILES string of the molecule is COc1cc([C@@H](N)CF)cc(Cl)c1O. The molecule has 0 aliphatic rings. The van der Waals surface area contributed by atoms with Crippen molar-refractivity contribution in [1.82, 2.24) is 0 Å². The van der Waals surface area contributed by atoms with Gasteiger partial charge in [0.1, 0.15) is 6.67 Å². The highest BCUT2D eigenvalue weighted by Crippen LogP contribution is 2.36. The van der Waals surface area contributed by atoms with Crippen molar-refractivity contribution < 1.29 is 14.2 Å². The lowest BCUT2D eigenvalue weighted by Crippen LogP contribution is -2.12. The van der Waals surface area contributed by atoms with Gasteiger partial charge < -0.3 is 15.6 Å². The van der Waals surface area contributed by atoms with Crippen LogP contribution in [0.25, 0.3) is 0 Å². The summed E-state index contributed by atoms with van der Waals surface area (Å²) in [6, 6.07) is 2.14. The van der Waals surface area contributed by atoms with E-state index in [-0.39, 0.29) is 16.5 Å². The van der Waals surface area contributed by atoms with Crippen molar-refractivity contribution in [2.75, 3.05) is 13.8 Å². The Hall–Kier alpha value is -1.00. The van der Waals surface area contributed by atoms with Crippen LogP contribution in [0.1, 0.15) is 11.6 Å². The predicted octanol–water partition coefficient (Wildman–Crippen LogP) is 2.02. The van der Waals surface area contributed by atoms with Crippen LogP contribution < -0.4 is 10.5 Å². The Labute approximate surface area is 86.2 Å². The molecule has 0 amide bonds. The van der Waals surface area contributed by atoms with Crippen molar-refractivity contribution >= 4 is 11.6 Å². The van der Waals surface area contributed by atoms with Crippen LogP contribution in [0.15, 0.2) is 12.1 Å². The Kier molecular flexibility index (Phi) is 3.55. The Morgan fingerprint density at radius 3 is 2.79 bits per heavy atom. The zero-order valence-electron chi connectivity index (χ0n) is 7.63. The van der Waals surface area contributed by atoms with Gasteiger partial charge in [-0.25, -0.2) is 4.39 Å².